The van der Waals surface area contributed by atoms with E-state index in [9.17, 15) is 0 Å². The van der Waals surface area contributed by atoms with Crippen LogP contribution in [0.2, 0.25) is 0 Å². The monoisotopic (exact) mass is 522 g/mol. The SMILES string of the molecule is c1ccc(-c2ccc(-c3ccc4c(c3)N3c5ccccc5NC3c3c-4ccc4ccccc34)c3ccccc23)cc1. The molecule has 0 spiro atoms. The molecule has 2 aliphatic heterocycles. The lowest BCUT2D eigenvalue weighted by Crippen LogP contribution is -2.28. The highest BCUT2D eigenvalue weighted by atomic mass is 15.3. The van der Waals surface area contributed by atoms with Crippen LogP contribution in [0, 0.1) is 0 Å². The summed E-state index contributed by atoms with van der Waals surface area (Å²) in [6, 6.07) is 53.1. The van der Waals surface area contributed by atoms with Crippen LogP contribution in [0.3, 0.4) is 0 Å². The van der Waals surface area contributed by atoms with Crippen molar-refractivity contribution in [2.24, 2.45) is 0 Å². The van der Waals surface area contributed by atoms with Crippen LogP contribution in [-0.2, 0) is 0 Å². The standard InChI is InChI=1S/C39H26N2/c1-2-10-25(11-3-1)28-22-23-29(32-15-7-6-14-31(28)32)27-19-20-33-34-21-18-26-12-4-5-13-30(26)38(34)39-40-35-16-8-9-17-36(35)41(39)37(33)24-27/h1-24,39-40H. The van der Waals surface area contributed by atoms with E-state index in [1.54, 1.807) is 0 Å². The lowest BCUT2D eigenvalue weighted by Gasteiger charge is -2.36. The third-order valence-corrected chi connectivity index (χ3v) is 8.83. The molecule has 1 atom stereocenters. The first kappa shape index (κ1) is 22.5. The lowest BCUT2D eigenvalue weighted by molar-refractivity contribution is 0.827. The number of nitrogens with zero attached hydrogens (tertiary/aromatic N) is 1. The van der Waals surface area contributed by atoms with Gasteiger partial charge >= 0.3 is 0 Å². The van der Waals surface area contributed by atoms with Gasteiger partial charge in [0.25, 0.3) is 0 Å². The van der Waals surface area contributed by atoms with E-state index >= 15 is 0 Å². The fraction of sp³-hybridized carbons (Fsp3) is 0.0256. The molecule has 2 heterocycles. The van der Waals surface area contributed by atoms with E-state index in [-0.39, 0.29) is 6.17 Å². The molecule has 9 rings (SSSR count). The Labute approximate surface area is 239 Å². The summed E-state index contributed by atoms with van der Waals surface area (Å²) in [7, 11) is 0. The molecule has 0 fully saturated rings. The zero-order chi connectivity index (χ0) is 26.9. The van der Waals surface area contributed by atoms with Crippen LogP contribution < -0.4 is 10.2 Å². The molecule has 2 aliphatic rings. The van der Waals surface area contributed by atoms with Gasteiger partial charge in [-0.25, -0.2) is 0 Å². The van der Waals surface area contributed by atoms with Crippen molar-refractivity contribution in [2.45, 2.75) is 6.17 Å². The molecular formula is C39H26N2. The predicted molar refractivity (Wildman–Crippen MR) is 173 cm³/mol. The molecule has 2 nitrogen and oxygen atoms in total. The van der Waals surface area contributed by atoms with Gasteiger partial charge in [0.2, 0.25) is 0 Å². The van der Waals surface area contributed by atoms with Crippen LogP contribution in [0.4, 0.5) is 17.1 Å². The van der Waals surface area contributed by atoms with Crippen LogP contribution >= 0.6 is 0 Å². The van der Waals surface area contributed by atoms with Crippen LogP contribution in [0.5, 0.6) is 0 Å². The Morgan fingerprint density at radius 2 is 1.07 bits per heavy atom. The van der Waals surface area contributed by atoms with Crippen LogP contribution in [-0.4, -0.2) is 0 Å². The summed E-state index contributed by atoms with van der Waals surface area (Å²) in [6.45, 7) is 0. The Kier molecular flexibility index (Phi) is 4.70. The van der Waals surface area contributed by atoms with E-state index < -0.39 is 0 Å². The number of benzene rings is 7. The first-order valence-corrected chi connectivity index (χ1v) is 14.2. The van der Waals surface area contributed by atoms with E-state index in [2.05, 4.69) is 156 Å². The Morgan fingerprint density at radius 1 is 0.439 bits per heavy atom. The number of para-hydroxylation sites is 2. The van der Waals surface area contributed by atoms with E-state index in [1.165, 1.54) is 77.6 Å². The van der Waals surface area contributed by atoms with Gasteiger partial charge in [0, 0.05) is 11.1 Å². The first-order chi connectivity index (χ1) is 20.3. The second-order valence-electron chi connectivity index (χ2n) is 11.0. The predicted octanol–water partition coefficient (Wildman–Crippen LogP) is 10.6. The highest BCUT2D eigenvalue weighted by molar-refractivity contribution is 6.07. The minimum Gasteiger partial charge on any atom is -0.359 e. The van der Waals surface area contributed by atoms with Gasteiger partial charge in [0.1, 0.15) is 6.17 Å². The molecule has 0 aliphatic carbocycles. The Hall–Kier alpha value is -5.34. The average molecular weight is 523 g/mol. The number of nitrogens with one attached hydrogen (secondary N) is 1. The molecule has 7 aromatic carbocycles. The van der Waals surface area contributed by atoms with E-state index in [0.29, 0.717) is 0 Å². The Balaban J connectivity index is 1.29. The van der Waals surface area contributed by atoms with Crippen LogP contribution in [0.25, 0.3) is 54.9 Å². The summed E-state index contributed by atoms with van der Waals surface area (Å²) >= 11 is 0. The second kappa shape index (κ2) is 8.58. The van der Waals surface area contributed by atoms with Gasteiger partial charge in [0.15, 0.2) is 0 Å². The minimum absolute atomic E-state index is 0.0356. The van der Waals surface area contributed by atoms with Crippen molar-refractivity contribution in [1.29, 1.82) is 0 Å². The molecule has 0 bridgehead atoms. The molecule has 41 heavy (non-hydrogen) atoms. The van der Waals surface area contributed by atoms with Crippen molar-refractivity contribution >= 4 is 38.6 Å². The largest absolute Gasteiger partial charge is 0.359 e. The molecular weight excluding hydrogens is 496 g/mol. The summed E-state index contributed by atoms with van der Waals surface area (Å²) in [4.78, 5) is 2.50. The van der Waals surface area contributed by atoms with Gasteiger partial charge in [0.05, 0.1) is 17.1 Å². The fourth-order valence-corrected chi connectivity index (χ4v) is 7.00. The van der Waals surface area contributed by atoms with Crippen molar-refractivity contribution in [2.75, 3.05) is 10.2 Å². The normalized spacial score (nSPS) is 14.7. The van der Waals surface area contributed by atoms with Crippen molar-refractivity contribution in [3.05, 3.63) is 151 Å². The van der Waals surface area contributed by atoms with Crippen molar-refractivity contribution < 1.29 is 0 Å². The number of rotatable bonds is 2. The zero-order valence-electron chi connectivity index (χ0n) is 22.4. The summed E-state index contributed by atoms with van der Waals surface area (Å²) in [5.74, 6) is 0. The molecule has 1 unspecified atom stereocenters. The lowest BCUT2D eigenvalue weighted by atomic mass is 9.86. The molecule has 0 radical (unpaired) electrons. The molecule has 1 N–H and O–H groups in total. The summed E-state index contributed by atoms with van der Waals surface area (Å²) < 4.78 is 0. The maximum atomic E-state index is 3.87. The number of hydrogen-bond acceptors (Lipinski definition) is 2. The number of hydrogen-bond donors (Lipinski definition) is 1. The second-order valence-corrected chi connectivity index (χ2v) is 11.0. The molecule has 0 saturated carbocycles. The topological polar surface area (TPSA) is 15.3 Å². The third-order valence-electron chi connectivity index (χ3n) is 8.83. The molecule has 192 valence electrons. The smallest absolute Gasteiger partial charge is 0.131 e. The summed E-state index contributed by atoms with van der Waals surface area (Å²) in [6.07, 6.45) is 0.0356. The van der Waals surface area contributed by atoms with Gasteiger partial charge in [-0.05, 0) is 67.6 Å². The third kappa shape index (κ3) is 3.25. The highest BCUT2D eigenvalue weighted by Crippen LogP contribution is 2.56. The maximum Gasteiger partial charge on any atom is 0.131 e. The number of anilines is 3. The van der Waals surface area contributed by atoms with E-state index in [4.69, 9.17) is 0 Å². The fourth-order valence-electron chi connectivity index (χ4n) is 7.00. The van der Waals surface area contributed by atoms with Crippen LogP contribution in [0.15, 0.2) is 146 Å². The summed E-state index contributed by atoms with van der Waals surface area (Å²) in [5.41, 5.74) is 12.5. The van der Waals surface area contributed by atoms with Gasteiger partial charge < -0.3 is 10.2 Å². The quantitative estimate of drug-likeness (QED) is 0.243. The van der Waals surface area contributed by atoms with E-state index in [1.807, 2.05) is 0 Å². The average Bonchev–Trinajstić information content (AvgIpc) is 3.44. The van der Waals surface area contributed by atoms with Crippen molar-refractivity contribution in [3.63, 3.8) is 0 Å². The Morgan fingerprint density at radius 3 is 1.90 bits per heavy atom. The molecule has 0 saturated heterocycles. The molecule has 7 aromatic rings. The highest BCUT2D eigenvalue weighted by Gasteiger charge is 2.38. The van der Waals surface area contributed by atoms with Crippen LogP contribution in [0.1, 0.15) is 11.7 Å². The van der Waals surface area contributed by atoms with E-state index in [0.717, 1.165) is 0 Å². The Bertz CT molecular complexity index is 2140. The summed E-state index contributed by atoms with van der Waals surface area (Å²) in [5, 5.41) is 8.99. The maximum absolute atomic E-state index is 3.87. The van der Waals surface area contributed by atoms with Gasteiger partial charge in [-0.1, -0.05) is 127 Å². The minimum atomic E-state index is 0.0356. The molecule has 0 amide bonds. The van der Waals surface area contributed by atoms with Crippen molar-refractivity contribution in [3.8, 4) is 33.4 Å². The van der Waals surface area contributed by atoms with Gasteiger partial charge in [-0.15, -0.1) is 0 Å². The molecule has 0 aromatic heterocycles. The molecule has 2 heteroatoms. The number of fused-ring (bicyclic) bond motifs is 11. The van der Waals surface area contributed by atoms with Gasteiger partial charge in [-0.2, -0.15) is 0 Å². The zero-order valence-corrected chi connectivity index (χ0v) is 22.4. The first-order valence-electron chi connectivity index (χ1n) is 14.2. The van der Waals surface area contributed by atoms with Gasteiger partial charge in [-0.3, -0.25) is 0 Å². The van der Waals surface area contributed by atoms with Crippen molar-refractivity contribution in [1.82, 2.24) is 0 Å².